The van der Waals surface area contributed by atoms with Crippen LogP contribution in [0.25, 0.3) is 10.9 Å². The molecule has 1 aromatic carbocycles. The van der Waals surface area contributed by atoms with E-state index in [9.17, 15) is 4.79 Å². The van der Waals surface area contributed by atoms with Crippen LogP contribution >= 0.6 is 0 Å². The smallest absolute Gasteiger partial charge is 0.252 e. The number of benzene rings is 1. The topological polar surface area (TPSA) is 54.3 Å². The van der Waals surface area contributed by atoms with Crippen LogP contribution in [0, 0.1) is 0 Å². The molecule has 0 saturated carbocycles. The second-order valence-corrected chi connectivity index (χ2v) is 3.64. The fourth-order valence-corrected chi connectivity index (χ4v) is 1.77. The van der Waals surface area contributed by atoms with Gasteiger partial charge in [0.05, 0.1) is 6.61 Å². The number of aliphatic hydroxyl groups is 1. The molecule has 1 amide bonds. The van der Waals surface area contributed by atoms with Crippen molar-refractivity contribution < 1.29 is 9.90 Å². The van der Waals surface area contributed by atoms with Gasteiger partial charge in [-0.25, -0.2) is 0 Å². The van der Waals surface area contributed by atoms with Crippen molar-refractivity contribution in [2.75, 3.05) is 13.2 Å². The second-order valence-electron chi connectivity index (χ2n) is 3.64. The lowest BCUT2D eigenvalue weighted by Gasteiger charge is -2.05. The highest BCUT2D eigenvalue weighted by Crippen LogP contribution is 2.19. The SMILES string of the molecule is Cn1ccc2c(C(=O)NCCO)cccc21. The van der Waals surface area contributed by atoms with E-state index in [2.05, 4.69) is 5.32 Å². The fourth-order valence-electron chi connectivity index (χ4n) is 1.77. The minimum atomic E-state index is -0.147. The maximum atomic E-state index is 11.8. The molecule has 2 aromatic rings. The van der Waals surface area contributed by atoms with Gasteiger partial charge in [0.15, 0.2) is 0 Å². The van der Waals surface area contributed by atoms with E-state index in [1.165, 1.54) is 0 Å². The molecule has 16 heavy (non-hydrogen) atoms. The summed E-state index contributed by atoms with van der Waals surface area (Å²) >= 11 is 0. The quantitative estimate of drug-likeness (QED) is 0.804. The van der Waals surface area contributed by atoms with Crippen molar-refractivity contribution in [3.05, 3.63) is 36.0 Å². The molecule has 0 bridgehead atoms. The van der Waals surface area contributed by atoms with Crippen molar-refractivity contribution >= 4 is 16.8 Å². The summed E-state index contributed by atoms with van der Waals surface area (Å²) in [5.74, 6) is -0.147. The van der Waals surface area contributed by atoms with E-state index >= 15 is 0 Å². The number of amides is 1. The molecule has 0 saturated heterocycles. The van der Waals surface area contributed by atoms with Gasteiger partial charge in [-0.05, 0) is 18.2 Å². The number of aryl methyl sites for hydroxylation is 1. The van der Waals surface area contributed by atoms with Crippen molar-refractivity contribution in [2.45, 2.75) is 0 Å². The highest BCUT2D eigenvalue weighted by molar-refractivity contribution is 6.06. The molecule has 0 aliphatic rings. The van der Waals surface area contributed by atoms with E-state index in [4.69, 9.17) is 5.11 Å². The molecule has 2 rings (SSSR count). The number of aromatic nitrogens is 1. The lowest BCUT2D eigenvalue weighted by atomic mass is 10.1. The van der Waals surface area contributed by atoms with E-state index in [-0.39, 0.29) is 19.1 Å². The Morgan fingerprint density at radius 3 is 3.00 bits per heavy atom. The number of hydrogen-bond acceptors (Lipinski definition) is 2. The third-order valence-corrected chi connectivity index (χ3v) is 2.57. The predicted molar refractivity (Wildman–Crippen MR) is 62.3 cm³/mol. The molecule has 4 heteroatoms. The summed E-state index contributed by atoms with van der Waals surface area (Å²) in [4.78, 5) is 11.8. The van der Waals surface area contributed by atoms with Crippen LogP contribution in [-0.2, 0) is 7.05 Å². The molecule has 1 aromatic heterocycles. The number of nitrogens with zero attached hydrogens (tertiary/aromatic N) is 1. The van der Waals surface area contributed by atoms with Crippen LogP contribution in [0.1, 0.15) is 10.4 Å². The van der Waals surface area contributed by atoms with Gasteiger partial charge in [-0.2, -0.15) is 0 Å². The van der Waals surface area contributed by atoms with Crippen LogP contribution in [0.4, 0.5) is 0 Å². The zero-order chi connectivity index (χ0) is 11.5. The van der Waals surface area contributed by atoms with Crippen molar-refractivity contribution in [1.82, 2.24) is 9.88 Å². The lowest BCUT2D eigenvalue weighted by molar-refractivity contribution is 0.0946. The number of carbonyl (C=O) groups excluding carboxylic acids is 1. The van der Waals surface area contributed by atoms with Crippen LogP contribution in [0.5, 0.6) is 0 Å². The number of nitrogens with one attached hydrogen (secondary N) is 1. The molecule has 2 N–H and O–H groups in total. The zero-order valence-electron chi connectivity index (χ0n) is 9.10. The second kappa shape index (κ2) is 4.37. The van der Waals surface area contributed by atoms with Gasteiger partial charge in [0.1, 0.15) is 0 Å². The number of rotatable bonds is 3. The Morgan fingerprint density at radius 1 is 1.44 bits per heavy atom. The average molecular weight is 218 g/mol. The van der Waals surface area contributed by atoms with Crippen LogP contribution in [0.3, 0.4) is 0 Å². The Morgan fingerprint density at radius 2 is 2.25 bits per heavy atom. The van der Waals surface area contributed by atoms with Gasteiger partial charge in [0.25, 0.3) is 5.91 Å². The summed E-state index contributed by atoms with van der Waals surface area (Å²) in [6.07, 6.45) is 1.92. The largest absolute Gasteiger partial charge is 0.395 e. The van der Waals surface area contributed by atoms with Crippen molar-refractivity contribution in [3.8, 4) is 0 Å². The number of fused-ring (bicyclic) bond motifs is 1. The van der Waals surface area contributed by atoms with E-state index in [1.807, 2.05) is 36.0 Å². The summed E-state index contributed by atoms with van der Waals surface area (Å²) in [6, 6.07) is 7.53. The Bertz CT molecular complexity index is 517. The van der Waals surface area contributed by atoms with Crippen molar-refractivity contribution in [3.63, 3.8) is 0 Å². The molecule has 4 nitrogen and oxygen atoms in total. The summed E-state index contributed by atoms with van der Waals surface area (Å²) in [7, 11) is 1.94. The summed E-state index contributed by atoms with van der Waals surface area (Å²) in [5.41, 5.74) is 1.67. The van der Waals surface area contributed by atoms with Crippen molar-refractivity contribution in [1.29, 1.82) is 0 Å². The number of carbonyl (C=O) groups is 1. The van der Waals surface area contributed by atoms with E-state index < -0.39 is 0 Å². The third kappa shape index (κ3) is 1.79. The summed E-state index contributed by atoms with van der Waals surface area (Å²) in [6.45, 7) is 0.235. The first-order valence-electron chi connectivity index (χ1n) is 5.17. The number of hydrogen-bond donors (Lipinski definition) is 2. The molecule has 0 spiro atoms. The first-order chi connectivity index (χ1) is 7.74. The Kier molecular flexibility index (Phi) is 2.92. The van der Waals surface area contributed by atoms with Crippen LogP contribution in [0.2, 0.25) is 0 Å². The van der Waals surface area contributed by atoms with E-state index in [1.54, 1.807) is 6.07 Å². The predicted octanol–water partition coefficient (Wildman–Crippen LogP) is 0.900. The average Bonchev–Trinajstić information content (AvgIpc) is 2.68. The maximum absolute atomic E-state index is 11.8. The van der Waals surface area contributed by atoms with Crippen LogP contribution in [-0.4, -0.2) is 28.7 Å². The van der Waals surface area contributed by atoms with Crippen LogP contribution < -0.4 is 5.32 Å². The molecule has 0 fully saturated rings. The molecule has 0 atom stereocenters. The Hall–Kier alpha value is -1.81. The lowest BCUT2D eigenvalue weighted by Crippen LogP contribution is -2.26. The Labute approximate surface area is 93.5 Å². The van der Waals surface area contributed by atoms with Crippen molar-refractivity contribution in [2.24, 2.45) is 7.05 Å². The Balaban J connectivity index is 2.40. The first kappa shape index (κ1) is 10.7. The van der Waals surface area contributed by atoms with Gasteiger partial charge in [-0.1, -0.05) is 6.07 Å². The number of aliphatic hydroxyl groups excluding tert-OH is 1. The van der Waals surface area contributed by atoms with Gasteiger partial charge in [-0.15, -0.1) is 0 Å². The molecule has 1 heterocycles. The summed E-state index contributed by atoms with van der Waals surface area (Å²) in [5, 5.41) is 12.2. The normalized spacial score (nSPS) is 10.6. The molecular formula is C12H14N2O2. The van der Waals surface area contributed by atoms with Gasteiger partial charge in [-0.3, -0.25) is 4.79 Å². The van der Waals surface area contributed by atoms with Crippen LogP contribution in [0.15, 0.2) is 30.5 Å². The minimum Gasteiger partial charge on any atom is -0.395 e. The molecule has 0 aliphatic carbocycles. The maximum Gasteiger partial charge on any atom is 0.252 e. The first-order valence-corrected chi connectivity index (χ1v) is 5.17. The van der Waals surface area contributed by atoms with E-state index in [0.717, 1.165) is 10.9 Å². The van der Waals surface area contributed by atoms with Gasteiger partial charge in [0, 0.05) is 36.3 Å². The van der Waals surface area contributed by atoms with Gasteiger partial charge >= 0.3 is 0 Å². The molecule has 0 unspecified atom stereocenters. The third-order valence-electron chi connectivity index (χ3n) is 2.57. The van der Waals surface area contributed by atoms with Gasteiger partial charge < -0.3 is 15.0 Å². The zero-order valence-corrected chi connectivity index (χ0v) is 9.10. The molecular weight excluding hydrogens is 204 g/mol. The van der Waals surface area contributed by atoms with E-state index in [0.29, 0.717) is 5.56 Å². The highest BCUT2D eigenvalue weighted by atomic mass is 16.3. The van der Waals surface area contributed by atoms with Gasteiger partial charge in [0.2, 0.25) is 0 Å². The standard InChI is InChI=1S/C12H14N2O2/c1-14-7-5-9-10(3-2-4-11(9)14)12(16)13-6-8-15/h2-5,7,15H,6,8H2,1H3,(H,13,16). The molecule has 0 aliphatic heterocycles. The fraction of sp³-hybridized carbons (Fsp3) is 0.250. The monoisotopic (exact) mass is 218 g/mol. The molecule has 0 radical (unpaired) electrons. The minimum absolute atomic E-state index is 0.0451. The molecule has 84 valence electrons. The summed E-state index contributed by atoms with van der Waals surface area (Å²) < 4.78 is 1.97. The highest BCUT2D eigenvalue weighted by Gasteiger charge is 2.10.